The second kappa shape index (κ2) is 8.78. The zero-order chi connectivity index (χ0) is 20.1. The number of anilines is 1. The lowest BCUT2D eigenvalue weighted by Gasteiger charge is -2.29. The number of carbonyl (C=O) groups is 2. The molecule has 1 saturated heterocycles. The molecular weight excluding hydrogens is 376 g/mol. The lowest BCUT2D eigenvalue weighted by atomic mass is 10.2. The van der Waals surface area contributed by atoms with Crippen LogP contribution < -0.4 is 25.0 Å². The molecule has 3 heterocycles. The van der Waals surface area contributed by atoms with Crippen LogP contribution in [0.2, 0.25) is 0 Å². The van der Waals surface area contributed by atoms with Crippen LogP contribution in [0.15, 0.2) is 36.5 Å². The molecule has 1 aromatic carbocycles. The first kappa shape index (κ1) is 19.0. The molecule has 0 radical (unpaired) electrons. The van der Waals surface area contributed by atoms with Crippen LogP contribution in [0.1, 0.15) is 15.9 Å². The molecule has 2 N–H and O–H groups in total. The van der Waals surface area contributed by atoms with Gasteiger partial charge in [-0.15, -0.1) is 0 Å². The first-order valence-corrected chi connectivity index (χ1v) is 9.42. The second-order valence-corrected chi connectivity index (χ2v) is 6.61. The molecule has 1 aromatic heterocycles. The Hall–Kier alpha value is -3.33. The van der Waals surface area contributed by atoms with Gasteiger partial charge in [0, 0.05) is 37.0 Å². The Morgan fingerprint density at radius 2 is 1.90 bits per heavy atom. The minimum absolute atomic E-state index is 0.125. The Bertz CT molecular complexity index is 898. The lowest BCUT2D eigenvalue weighted by molar-refractivity contribution is -0.120. The van der Waals surface area contributed by atoms with E-state index in [-0.39, 0.29) is 25.2 Å². The fraction of sp³-hybridized carbons (Fsp3) is 0.350. The Kier molecular flexibility index (Phi) is 5.76. The summed E-state index contributed by atoms with van der Waals surface area (Å²) in [6, 6.07) is 8.67. The standard InChI is InChI=1S/C20H22N4O5/c25-18(12-23-20(26)14-3-4-16-17(10-14)29-13-28-16)22-11-15-2-1-5-21-19(15)24-6-8-27-9-7-24/h1-5,10H,6-9,11-13H2,(H,22,25)(H,23,26). The third kappa shape index (κ3) is 4.57. The van der Waals surface area contributed by atoms with Crippen LogP contribution in [0.25, 0.3) is 0 Å². The maximum Gasteiger partial charge on any atom is 0.251 e. The number of ether oxygens (including phenoxy) is 3. The Labute approximate surface area is 168 Å². The van der Waals surface area contributed by atoms with Crippen LogP contribution in [-0.2, 0) is 16.1 Å². The normalized spacial score (nSPS) is 15.1. The minimum atomic E-state index is -0.353. The van der Waals surface area contributed by atoms with Gasteiger partial charge in [-0.05, 0) is 24.3 Å². The third-order valence-corrected chi connectivity index (χ3v) is 4.70. The number of benzene rings is 1. The highest BCUT2D eigenvalue weighted by Crippen LogP contribution is 2.32. The van der Waals surface area contributed by atoms with Crippen molar-refractivity contribution in [2.24, 2.45) is 0 Å². The summed E-state index contributed by atoms with van der Waals surface area (Å²) in [4.78, 5) is 31.1. The molecular formula is C20H22N4O5. The Morgan fingerprint density at radius 3 is 2.76 bits per heavy atom. The summed E-state index contributed by atoms with van der Waals surface area (Å²) in [5.74, 6) is 1.34. The van der Waals surface area contributed by atoms with E-state index in [0.717, 1.165) is 24.5 Å². The van der Waals surface area contributed by atoms with Crippen LogP contribution in [-0.4, -0.2) is 56.4 Å². The van der Waals surface area contributed by atoms with E-state index in [0.29, 0.717) is 36.8 Å². The van der Waals surface area contributed by atoms with E-state index in [1.54, 1.807) is 24.4 Å². The highest BCUT2D eigenvalue weighted by Gasteiger charge is 2.18. The highest BCUT2D eigenvalue weighted by molar-refractivity contribution is 5.97. The van der Waals surface area contributed by atoms with Gasteiger partial charge in [-0.3, -0.25) is 9.59 Å². The predicted octanol–water partition coefficient (Wildman–Crippen LogP) is 0.693. The van der Waals surface area contributed by atoms with Crippen molar-refractivity contribution in [3.8, 4) is 11.5 Å². The molecule has 1 fully saturated rings. The molecule has 0 bridgehead atoms. The maximum absolute atomic E-state index is 12.3. The van der Waals surface area contributed by atoms with Crippen molar-refractivity contribution in [1.82, 2.24) is 15.6 Å². The summed E-state index contributed by atoms with van der Waals surface area (Å²) in [7, 11) is 0. The third-order valence-electron chi connectivity index (χ3n) is 4.70. The van der Waals surface area contributed by atoms with E-state index in [1.165, 1.54) is 0 Å². The summed E-state index contributed by atoms with van der Waals surface area (Å²) in [6.45, 7) is 3.21. The van der Waals surface area contributed by atoms with Gasteiger partial charge in [-0.1, -0.05) is 6.07 Å². The number of morpholine rings is 1. The highest BCUT2D eigenvalue weighted by atomic mass is 16.7. The fourth-order valence-corrected chi connectivity index (χ4v) is 3.18. The number of nitrogens with zero attached hydrogens (tertiary/aromatic N) is 2. The number of hydrogen-bond donors (Lipinski definition) is 2. The van der Waals surface area contributed by atoms with Crippen molar-refractivity contribution in [3.63, 3.8) is 0 Å². The average molecular weight is 398 g/mol. The molecule has 4 rings (SSSR count). The molecule has 0 saturated carbocycles. The van der Waals surface area contributed by atoms with Gasteiger partial charge in [0.15, 0.2) is 11.5 Å². The van der Waals surface area contributed by atoms with E-state index in [4.69, 9.17) is 14.2 Å². The number of fused-ring (bicyclic) bond motifs is 1. The predicted molar refractivity (Wildman–Crippen MR) is 104 cm³/mol. The fourth-order valence-electron chi connectivity index (χ4n) is 3.18. The minimum Gasteiger partial charge on any atom is -0.454 e. The molecule has 2 aromatic rings. The van der Waals surface area contributed by atoms with Crippen molar-refractivity contribution < 1.29 is 23.8 Å². The average Bonchev–Trinajstić information content (AvgIpc) is 3.25. The first-order chi connectivity index (χ1) is 14.2. The quantitative estimate of drug-likeness (QED) is 0.738. The number of hydrogen-bond acceptors (Lipinski definition) is 7. The molecule has 9 nitrogen and oxygen atoms in total. The SMILES string of the molecule is O=C(CNC(=O)c1ccc2c(c1)OCO2)NCc1cccnc1N1CCOCC1. The van der Waals surface area contributed by atoms with Crippen LogP contribution in [0.3, 0.4) is 0 Å². The molecule has 0 aliphatic carbocycles. The van der Waals surface area contributed by atoms with Gasteiger partial charge in [0.05, 0.1) is 19.8 Å². The van der Waals surface area contributed by atoms with Crippen molar-refractivity contribution in [2.45, 2.75) is 6.54 Å². The monoisotopic (exact) mass is 398 g/mol. The van der Waals surface area contributed by atoms with E-state index in [2.05, 4.69) is 20.5 Å². The summed E-state index contributed by atoms with van der Waals surface area (Å²) < 4.78 is 15.9. The lowest BCUT2D eigenvalue weighted by Crippen LogP contribution is -2.39. The molecule has 152 valence electrons. The summed E-state index contributed by atoms with van der Waals surface area (Å²) in [5.41, 5.74) is 1.33. The van der Waals surface area contributed by atoms with E-state index in [1.807, 2.05) is 12.1 Å². The van der Waals surface area contributed by atoms with E-state index >= 15 is 0 Å². The van der Waals surface area contributed by atoms with Gasteiger partial charge in [0.1, 0.15) is 5.82 Å². The van der Waals surface area contributed by atoms with Crippen molar-refractivity contribution in [1.29, 1.82) is 0 Å². The molecule has 0 atom stereocenters. The maximum atomic E-state index is 12.3. The molecule has 2 aliphatic heterocycles. The number of carbonyl (C=O) groups excluding carboxylic acids is 2. The summed E-state index contributed by atoms with van der Waals surface area (Å²) in [6.07, 6.45) is 1.74. The topological polar surface area (TPSA) is 102 Å². The van der Waals surface area contributed by atoms with Gasteiger partial charge < -0.3 is 29.7 Å². The van der Waals surface area contributed by atoms with Gasteiger partial charge in [-0.25, -0.2) is 4.98 Å². The Balaban J connectivity index is 1.29. The second-order valence-electron chi connectivity index (χ2n) is 6.61. The van der Waals surface area contributed by atoms with Crippen LogP contribution in [0.5, 0.6) is 11.5 Å². The van der Waals surface area contributed by atoms with Crippen LogP contribution in [0.4, 0.5) is 5.82 Å². The van der Waals surface area contributed by atoms with Gasteiger partial charge in [0.2, 0.25) is 12.7 Å². The van der Waals surface area contributed by atoms with Gasteiger partial charge >= 0.3 is 0 Å². The number of pyridine rings is 1. The van der Waals surface area contributed by atoms with Crippen molar-refractivity contribution in [3.05, 3.63) is 47.7 Å². The van der Waals surface area contributed by atoms with Gasteiger partial charge in [-0.2, -0.15) is 0 Å². The largest absolute Gasteiger partial charge is 0.454 e. The zero-order valence-corrected chi connectivity index (χ0v) is 15.8. The molecule has 2 amide bonds. The van der Waals surface area contributed by atoms with Crippen molar-refractivity contribution in [2.75, 3.05) is 44.5 Å². The van der Waals surface area contributed by atoms with Crippen molar-refractivity contribution >= 4 is 17.6 Å². The Morgan fingerprint density at radius 1 is 1.07 bits per heavy atom. The molecule has 0 unspecified atom stereocenters. The summed E-state index contributed by atoms with van der Waals surface area (Å²) >= 11 is 0. The van der Waals surface area contributed by atoms with E-state index in [9.17, 15) is 9.59 Å². The first-order valence-electron chi connectivity index (χ1n) is 9.42. The smallest absolute Gasteiger partial charge is 0.251 e. The molecule has 9 heteroatoms. The molecule has 29 heavy (non-hydrogen) atoms. The van der Waals surface area contributed by atoms with Crippen LogP contribution in [0, 0.1) is 0 Å². The zero-order valence-electron chi connectivity index (χ0n) is 15.8. The number of nitrogens with one attached hydrogen (secondary N) is 2. The van der Waals surface area contributed by atoms with Gasteiger partial charge in [0.25, 0.3) is 5.91 Å². The van der Waals surface area contributed by atoms with E-state index < -0.39 is 0 Å². The molecule has 2 aliphatic rings. The number of aromatic nitrogens is 1. The number of rotatable bonds is 6. The number of amides is 2. The van der Waals surface area contributed by atoms with Crippen LogP contribution >= 0.6 is 0 Å². The molecule has 0 spiro atoms. The summed E-state index contributed by atoms with van der Waals surface area (Å²) in [5, 5.41) is 5.44.